The molecular formula is C17H21N5O2S. The second-order valence-electron chi connectivity index (χ2n) is 5.75. The summed E-state index contributed by atoms with van der Waals surface area (Å²) < 4.78 is 28.4. The molecule has 0 bridgehead atoms. The van der Waals surface area contributed by atoms with E-state index in [1.54, 1.807) is 29.4 Å². The fourth-order valence-corrected chi connectivity index (χ4v) is 3.85. The zero-order chi connectivity index (χ0) is 17.9. The van der Waals surface area contributed by atoms with E-state index in [9.17, 15) is 8.42 Å². The predicted octanol–water partition coefficient (Wildman–Crippen LogP) is 2.22. The maximum atomic E-state index is 12.9. The maximum Gasteiger partial charge on any atom is 0.266 e. The van der Waals surface area contributed by atoms with E-state index in [0.717, 1.165) is 11.8 Å². The number of pyridine rings is 1. The van der Waals surface area contributed by atoms with Crippen molar-refractivity contribution < 1.29 is 8.42 Å². The normalized spacial score (nSPS) is 18.1. The van der Waals surface area contributed by atoms with Gasteiger partial charge in [-0.25, -0.2) is 18.1 Å². The van der Waals surface area contributed by atoms with Gasteiger partial charge < -0.3 is 0 Å². The molecule has 0 saturated heterocycles. The Hall–Kier alpha value is -2.48. The molecule has 1 aromatic carbocycles. The monoisotopic (exact) mass is 359 g/mol. The van der Waals surface area contributed by atoms with Gasteiger partial charge in [0.1, 0.15) is 4.90 Å². The van der Waals surface area contributed by atoms with E-state index >= 15 is 0 Å². The van der Waals surface area contributed by atoms with Crippen LogP contribution in [-0.4, -0.2) is 43.7 Å². The maximum absolute atomic E-state index is 12.9. The number of aliphatic imine (C=N–C) groups is 1. The van der Waals surface area contributed by atoms with Gasteiger partial charge in [0.05, 0.1) is 12.1 Å². The van der Waals surface area contributed by atoms with Crippen molar-refractivity contribution in [3.8, 4) is 0 Å². The number of nitrogens with zero attached hydrogens (tertiary/aromatic N) is 4. The van der Waals surface area contributed by atoms with Gasteiger partial charge in [-0.05, 0) is 25.5 Å². The highest BCUT2D eigenvalue weighted by molar-refractivity contribution is 7.90. The second kappa shape index (κ2) is 7.18. The van der Waals surface area contributed by atoms with E-state index in [2.05, 4.69) is 26.7 Å². The Bertz CT molecular complexity index is 918. The van der Waals surface area contributed by atoms with Crippen LogP contribution in [0.15, 0.2) is 51.5 Å². The van der Waals surface area contributed by atoms with Crippen molar-refractivity contribution >= 4 is 33.1 Å². The highest BCUT2D eigenvalue weighted by Crippen LogP contribution is 2.21. The van der Waals surface area contributed by atoms with Gasteiger partial charge in [-0.3, -0.25) is 9.98 Å². The van der Waals surface area contributed by atoms with Crippen molar-refractivity contribution in [1.29, 1.82) is 0 Å². The zero-order valence-corrected chi connectivity index (χ0v) is 15.1. The van der Waals surface area contributed by atoms with Gasteiger partial charge in [0.2, 0.25) is 5.96 Å². The Morgan fingerprint density at radius 3 is 2.84 bits per heavy atom. The van der Waals surface area contributed by atoms with E-state index in [1.807, 2.05) is 25.3 Å². The molecule has 1 aromatic heterocycles. The first-order valence-electron chi connectivity index (χ1n) is 8.27. The minimum absolute atomic E-state index is 0.129. The number of rotatable bonds is 4. The topological polar surface area (TPSA) is 87.0 Å². The number of guanidine groups is 1. The van der Waals surface area contributed by atoms with Crippen molar-refractivity contribution in [2.24, 2.45) is 16.0 Å². The number of hydrogen-bond donors (Lipinski definition) is 1. The van der Waals surface area contributed by atoms with Crippen molar-refractivity contribution in [2.75, 3.05) is 13.1 Å². The number of hydrogen-bond acceptors (Lipinski definition) is 5. The standard InChI is InChI=1S/C17H21N5O2S/c1-3-13-11-20-22(12-13)17(18-4-2)21-25(23,24)15-9-5-7-14-8-6-10-19-16(14)15/h5-11,13H,3-4,12H2,1-2H3,(H,18,21). The van der Waals surface area contributed by atoms with Crippen LogP contribution in [0, 0.1) is 5.92 Å². The van der Waals surface area contributed by atoms with E-state index in [1.165, 1.54) is 0 Å². The van der Waals surface area contributed by atoms with E-state index in [0.29, 0.717) is 24.5 Å². The zero-order valence-electron chi connectivity index (χ0n) is 14.3. The molecule has 2 heterocycles. The van der Waals surface area contributed by atoms with Crippen LogP contribution in [0.1, 0.15) is 20.3 Å². The van der Waals surface area contributed by atoms with Crippen LogP contribution in [0.5, 0.6) is 0 Å². The first kappa shape index (κ1) is 17.3. The van der Waals surface area contributed by atoms with Gasteiger partial charge in [-0.15, -0.1) is 0 Å². The fraction of sp³-hybridized carbons (Fsp3) is 0.353. The molecule has 0 aliphatic carbocycles. The van der Waals surface area contributed by atoms with Gasteiger partial charge in [0, 0.05) is 30.3 Å². The quantitative estimate of drug-likeness (QED) is 0.670. The molecule has 2 aromatic rings. The molecule has 1 N–H and O–H groups in total. The molecule has 25 heavy (non-hydrogen) atoms. The highest BCUT2D eigenvalue weighted by Gasteiger charge is 2.26. The van der Waals surface area contributed by atoms with Crippen LogP contribution in [-0.2, 0) is 10.0 Å². The molecule has 7 nitrogen and oxygen atoms in total. The lowest BCUT2D eigenvalue weighted by molar-refractivity contribution is 0.429. The Kier molecular flexibility index (Phi) is 4.98. The number of nitrogens with one attached hydrogen (secondary N) is 1. The number of aromatic nitrogens is 1. The first-order chi connectivity index (χ1) is 12.0. The van der Waals surface area contributed by atoms with Gasteiger partial charge in [0.15, 0.2) is 0 Å². The van der Waals surface area contributed by atoms with Crippen LogP contribution in [0.4, 0.5) is 0 Å². The van der Waals surface area contributed by atoms with Crippen LogP contribution in [0.25, 0.3) is 10.9 Å². The van der Waals surface area contributed by atoms with Crippen molar-refractivity contribution in [3.05, 3.63) is 36.5 Å². The molecule has 0 radical (unpaired) electrons. The fourth-order valence-electron chi connectivity index (χ4n) is 2.65. The molecule has 0 spiro atoms. The van der Waals surface area contributed by atoms with Crippen molar-refractivity contribution in [3.63, 3.8) is 0 Å². The third-order valence-electron chi connectivity index (χ3n) is 4.01. The summed E-state index contributed by atoms with van der Waals surface area (Å²) in [6.07, 6.45) is 4.36. The highest BCUT2D eigenvalue weighted by atomic mass is 32.2. The smallest absolute Gasteiger partial charge is 0.255 e. The number of benzene rings is 1. The molecule has 1 aliphatic heterocycles. The number of hydrazone groups is 1. The van der Waals surface area contributed by atoms with Crippen LogP contribution < -0.4 is 4.72 Å². The molecular weight excluding hydrogens is 338 g/mol. The molecule has 1 aliphatic rings. The first-order valence-corrected chi connectivity index (χ1v) is 9.76. The van der Waals surface area contributed by atoms with Gasteiger partial charge in [-0.1, -0.05) is 25.1 Å². The average molecular weight is 359 g/mol. The molecule has 8 heteroatoms. The largest absolute Gasteiger partial charge is 0.266 e. The van der Waals surface area contributed by atoms with Gasteiger partial charge in [0.25, 0.3) is 10.0 Å². The lowest BCUT2D eigenvalue weighted by atomic mass is 10.1. The number of fused-ring (bicyclic) bond motifs is 1. The van der Waals surface area contributed by atoms with Gasteiger partial charge in [-0.2, -0.15) is 5.10 Å². The lowest BCUT2D eigenvalue weighted by Gasteiger charge is -2.19. The number of sulfonamides is 1. The summed E-state index contributed by atoms with van der Waals surface area (Å²) in [6, 6.07) is 8.69. The molecule has 3 rings (SSSR count). The lowest BCUT2D eigenvalue weighted by Crippen LogP contribution is -2.41. The molecule has 0 saturated carbocycles. The van der Waals surface area contributed by atoms with E-state index < -0.39 is 10.0 Å². The Morgan fingerprint density at radius 1 is 1.32 bits per heavy atom. The summed E-state index contributed by atoms with van der Waals surface area (Å²) in [7, 11) is -3.83. The third kappa shape index (κ3) is 3.63. The third-order valence-corrected chi connectivity index (χ3v) is 5.37. The van der Waals surface area contributed by atoms with Crippen LogP contribution >= 0.6 is 0 Å². The Labute approximate surface area is 147 Å². The minimum atomic E-state index is -3.83. The Balaban J connectivity index is 1.94. The molecule has 0 fully saturated rings. The minimum Gasteiger partial charge on any atom is -0.255 e. The Morgan fingerprint density at radius 2 is 2.12 bits per heavy atom. The van der Waals surface area contributed by atoms with E-state index in [-0.39, 0.29) is 10.9 Å². The van der Waals surface area contributed by atoms with Gasteiger partial charge >= 0.3 is 0 Å². The van der Waals surface area contributed by atoms with Crippen molar-refractivity contribution in [1.82, 2.24) is 14.7 Å². The summed E-state index contributed by atoms with van der Waals surface area (Å²) in [6.45, 7) is 4.99. The summed E-state index contributed by atoms with van der Waals surface area (Å²) in [5.74, 6) is 0.536. The second-order valence-corrected chi connectivity index (χ2v) is 7.40. The molecule has 1 atom stereocenters. The summed E-state index contributed by atoms with van der Waals surface area (Å²) in [5.41, 5.74) is 0.435. The molecule has 0 amide bonds. The number of para-hydroxylation sites is 1. The average Bonchev–Trinajstić information content (AvgIpc) is 3.10. The SMILES string of the molecule is CCN=C(NS(=O)(=O)c1cccc2cccnc12)N1CC(CC)C=N1. The molecule has 132 valence electrons. The summed E-state index contributed by atoms with van der Waals surface area (Å²) in [4.78, 5) is 8.63. The van der Waals surface area contributed by atoms with Crippen LogP contribution in [0.3, 0.4) is 0 Å². The summed E-state index contributed by atoms with van der Waals surface area (Å²) in [5, 5.41) is 6.66. The summed E-state index contributed by atoms with van der Waals surface area (Å²) >= 11 is 0. The van der Waals surface area contributed by atoms with E-state index in [4.69, 9.17) is 0 Å². The van der Waals surface area contributed by atoms with Crippen LogP contribution in [0.2, 0.25) is 0 Å². The predicted molar refractivity (Wildman–Crippen MR) is 99.0 cm³/mol. The van der Waals surface area contributed by atoms with Crippen molar-refractivity contribution in [2.45, 2.75) is 25.2 Å². The molecule has 1 unspecified atom stereocenters.